The van der Waals surface area contributed by atoms with Gasteiger partial charge in [-0.25, -0.2) is 0 Å². The molecule has 3 heteroatoms. The summed E-state index contributed by atoms with van der Waals surface area (Å²) < 4.78 is 0. The number of piperidine rings is 1. The van der Waals surface area contributed by atoms with E-state index >= 15 is 0 Å². The Hall–Kier alpha value is -0.570. The van der Waals surface area contributed by atoms with E-state index in [9.17, 15) is 4.79 Å². The summed E-state index contributed by atoms with van der Waals surface area (Å²) in [5.74, 6) is 0.614. The third-order valence-corrected chi connectivity index (χ3v) is 4.18. The molecule has 0 radical (unpaired) electrons. The van der Waals surface area contributed by atoms with Crippen LogP contribution in [0.1, 0.15) is 57.8 Å². The zero-order chi connectivity index (χ0) is 11.9. The van der Waals surface area contributed by atoms with Crippen molar-refractivity contribution >= 4 is 5.91 Å². The SMILES string of the molecule is O=C(NCCC1CCCCN1)C1CCCCC1. The molecule has 1 amide bonds. The van der Waals surface area contributed by atoms with Crippen LogP contribution >= 0.6 is 0 Å². The average molecular weight is 238 g/mol. The van der Waals surface area contributed by atoms with Crippen molar-refractivity contribution in [2.24, 2.45) is 5.92 Å². The second-order valence-electron chi connectivity index (χ2n) is 5.56. The quantitative estimate of drug-likeness (QED) is 0.788. The van der Waals surface area contributed by atoms with Gasteiger partial charge in [0.25, 0.3) is 0 Å². The van der Waals surface area contributed by atoms with Gasteiger partial charge in [-0.15, -0.1) is 0 Å². The normalized spacial score (nSPS) is 26.7. The maximum Gasteiger partial charge on any atom is 0.223 e. The van der Waals surface area contributed by atoms with Gasteiger partial charge < -0.3 is 10.6 Å². The van der Waals surface area contributed by atoms with Crippen LogP contribution < -0.4 is 10.6 Å². The topological polar surface area (TPSA) is 41.1 Å². The molecule has 1 aliphatic carbocycles. The Balaban J connectivity index is 1.58. The Morgan fingerprint density at radius 2 is 1.82 bits per heavy atom. The molecule has 0 bridgehead atoms. The Kier molecular flexibility index (Phi) is 5.30. The van der Waals surface area contributed by atoms with Crippen LogP contribution in [0.25, 0.3) is 0 Å². The van der Waals surface area contributed by atoms with Gasteiger partial charge in [0.05, 0.1) is 0 Å². The summed E-state index contributed by atoms with van der Waals surface area (Å²) in [7, 11) is 0. The van der Waals surface area contributed by atoms with E-state index in [1.165, 1.54) is 38.5 Å². The Morgan fingerprint density at radius 3 is 2.53 bits per heavy atom. The third-order valence-electron chi connectivity index (χ3n) is 4.18. The van der Waals surface area contributed by atoms with Gasteiger partial charge in [0.2, 0.25) is 5.91 Å². The minimum Gasteiger partial charge on any atom is -0.356 e. The van der Waals surface area contributed by atoms with Gasteiger partial charge in [0, 0.05) is 18.5 Å². The fourth-order valence-electron chi connectivity index (χ4n) is 3.05. The van der Waals surface area contributed by atoms with E-state index in [4.69, 9.17) is 0 Å². The molecule has 0 aromatic rings. The maximum atomic E-state index is 11.9. The lowest BCUT2D eigenvalue weighted by Gasteiger charge is -2.24. The molecule has 0 aromatic heterocycles. The van der Waals surface area contributed by atoms with Crippen LogP contribution in [0.2, 0.25) is 0 Å². The van der Waals surface area contributed by atoms with Crippen molar-refractivity contribution < 1.29 is 4.79 Å². The van der Waals surface area contributed by atoms with E-state index in [-0.39, 0.29) is 0 Å². The fourth-order valence-corrected chi connectivity index (χ4v) is 3.05. The lowest BCUT2D eigenvalue weighted by atomic mass is 9.88. The summed E-state index contributed by atoms with van der Waals surface area (Å²) in [6.45, 7) is 2.01. The van der Waals surface area contributed by atoms with Crippen LogP contribution in [-0.4, -0.2) is 25.0 Å². The highest BCUT2D eigenvalue weighted by Crippen LogP contribution is 2.23. The van der Waals surface area contributed by atoms with Gasteiger partial charge in [-0.05, 0) is 38.6 Å². The van der Waals surface area contributed by atoms with Gasteiger partial charge >= 0.3 is 0 Å². The number of amides is 1. The summed E-state index contributed by atoms with van der Waals surface area (Å²) in [5, 5.41) is 6.64. The summed E-state index contributed by atoms with van der Waals surface area (Å²) in [4.78, 5) is 11.9. The zero-order valence-electron chi connectivity index (χ0n) is 10.8. The average Bonchev–Trinajstić information content (AvgIpc) is 2.41. The smallest absolute Gasteiger partial charge is 0.223 e. The van der Waals surface area contributed by atoms with Crippen LogP contribution in [-0.2, 0) is 4.79 Å². The van der Waals surface area contributed by atoms with Crippen LogP contribution in [0.5, 0.6) is 0 Å². The molecule has 0 aromatic carbocycles. The van der Waals surface area contributed by atoms with Crippen LogP contribution in [0.3, 0.4) is 0 Å². The Labute approximate surface area is 105 Å². The molecule has 1 unspecified atom stereocenters. The molecule has 1 saturated carbocycles. The highest BCUT2D eigenvalue weighted by atomic mass is 16.1. The number of hydrogen-bond donors (Lipinski definition) is 2. The van der Waals surface area contributed by atoms with Crippen LogP contribution in [0.4, 0.5) is 0 Å². The maximum absolute atomic E-state index is 11.9. The molecular formula is C14H26N2O. The van der Waals surface area contributed by atoms with Gasteiger partial charge in [0.1, 0.15) is 0 Å². The van der Waals surface area contributed by atoms with Crippen molar-refractivity contribution in [3.63, 3.8) is 0 Å². The second-order valence-corrected chi connectivity index (χ2v) is 5.56. The molecule has 17 heavy (non-hydrogen) atoms. The summed E-state index contributed by atoms with van der Waals surface area (Å²) in [6, 6.07) is 0.635. The molecule has 1 aliphatic heterocycles. The first-order chi connectivity index (χ1) is 8.36. The molecule has 2 fully saturated rings. The highest BCUT2D eigenvalue weighted by molar-refractivity contribution is 5.78. The zero-order valence-corrected chi connectivity index (χ0v) is 10.8. The van der Waals surface area contributed by atoms with E-state index in [1.54, 1.807) is 0 Å². The van der Waals surface area contributed by atoms with E-state index in [0.717, 1.165) is 32.4 Å². The molecule has 3 nitrogen and oxygen atoms in total. The molecule has 1 saturated heterocycles. The van der Waals surface area contributed by atoms with Gasteiger partial charge in [-0.1, -0.05) is 25.7 Å². The molecule has 1 atom stereocenters. The van der Waals surface area contributed by atoms with Crippen molar-refractivity contribution in [2.45, 2.75) is 63.8 Å². The summed E-state index contributed by atoms with van der Waals surface area (Å²) in [5.41, 5.74) is 0. The van der Waals surface area contributed by atoms with Gasteiger partial charge in [-0.2, -0.15) is 0 Å². The third kappa shape index (κ3) is 4.30. The predicted molar refractivity (Wildman–Crippen MR) is 69.8 cm³/mol. The van der Waals surface area contributed by atoms with E-state index < -0.39 is 0 Å². The lowest BCUT2D eigenvalue weighted by molar-refractivity contribution is -0.125. The Morgan fingerprint density at radius 1 is 1.06 bits per heavy atom. The summed E-state index contributed by atoms with van der Waals surface area (Å²) >= 11 is 0. The highest BCUT2D eigenvalue weighted by Gasteiger charge is 2.21. The van der Waals surface area contributed by atoms with E-state index in [1.807, 2.05) is 0 Å². The number of carbonyl (C=O) groups excluding carboxylic acids is 1. The number of hydrogen-bond acceptors (Lipinski definition) is 2. The lowest BCUT2D eigenvalue weighted by Crippen LogP contribution is -2.39. The van der Waals surface area contributed by atoms with E-state index in [2.05, 4.69) is 10.6 Å². The van der Waals surface area contributed by atoms with Crippen molar-refractivity contribution in [2.75, 3.05) is 13.1 Å². The predicted octanol–water partition coefficient (Wildman–Crippen LogP) is 2.22. The molecule has 0 spiro atoms. The minimum atomic E-state index is 0.306. The van der Waals surface area contributed by atoms with Gasteiger partial charge in [-0.3, -0.25) is 4.79 Å². The number of nitrogens with one attached hydrogen (secondary N) is 2. The minimum absolute atomic E-state index is 0.306. The van der Waals surface area contributed by atoms with E-state index in [0.29, 0.717) is 17.9 Å². The first kappa shape index (κ1) is 12.9. The van der Waals surface area contributed by atoms with Crippen LogP contribution in [0.15, 0.2) is 0 Å². The van der Waals surface area contributed by atoms with Crippen molar-refractivity contribution in [1.82, 2.24) is 10.6 Å². The number of carbonyl (C=O) groups is 1. The number of rotatable bonds is 4. The molecule has 98 valence electrons. The second kappa shape index (κ2) is 7.00. The summed E-state index contributed by atoms with van der Waals surface area (Å²) in [6.07, 6.45) is 11.0. The molecule has 2 N–H and O–H groups in total. The molecule has 2 aliphatic rings. The van der Waals surface area contributed by atoms with Gasteiger partial charge in [0.15, 0.2) is 0 Å². The standard InChI is InChI=1S/C14H26N2O/c17-14(12-6-2-1-3-7-12)16-11-9-13-8-4-5-10-15-13/h12-13,15H,1-11H2,(H,16,17). The largest absolute Gasteiger partial charge is 0.356 e. The Bertz CT molecular complexity index is 230. The van der Waals surface area contributed by atoms with Crippen molar-refractivity contribution in [1.29, 1.82) is 0 Å². The first-order valence-corrected chi connectivity index (χ1v) is 7.37. The first-order valence-electron chi connectivity index (χ1n) is 7.37. The molecule has 1 heterocycles. The van der Waals surface area contributed by atoms with Crippen molar-refractivity contribution in [3.05, 3.63) is 0 Å². The molecular weight excluding hydrogens is 212 g/mol. The van der Waals surface area contributed by atoms with Crippen molar-refractivity contribution in [3.8, 4) is 0 Å². The monoisotopic (exact) mass is 238 g/mol. The fraction of sp³-hybridized carbons (Fsp3) is 0.929. The molecule has 2 rings (SSSR count). The van der Waals surface area contributed by atoms with Crippen LogP contribution in [0, 0.1) is 5.92 Å².